The van der Waals surface area contributed by atoms with E-state index >= 15 is 0 Å². The Bertz CT molecular complexity index is 203. The summed E-state index contributed by atoms with van der Waals surface area (Å²) in [6.45, 7) is 4.44. The first-order chi connectivity index (χ1) is 6.79. The molecule has 2 rings (SSSR count). The molecule has 1 unspecified atom stereocenters. The summed E-state index contributed by atoms with van der Waals surface area (Å²) >= 11 is 0. The summed E-state index contributed by atoms with van der Waals surface area (Å²) in [5.74, 6) is 0.824. The third-order valence-corrected chi connectivity index (χ3v) is 2.71. The number of rotatable bonds is 0. The van der Waals surface area contributed by atoms with Crippen LogP contribution in [0.5, 0.6) is 0 Å². The van der Waals surface area contributed by atoms with Crippen LogP contribution in [0.4, 0.5) is 0 Å². The molecule has 2 N–H and O–H groups in total. The second-order valence-corrected chi connectivity index (χ2v) is 4.32. The maximum Gasteiger partial charge on any atom is -0.0142 e. The van der Waals surface area contributed by atoms with E-state index in [1.165, 1.54) is 37.7 Å². The molecule has 2 radical (unpaired) electrons. The monoisotopic (exact) mass is 208 g/mol. The smallest absolute Gasteiger partial charge is 0.0142 e. The third-order valence-electron chi connectivity index (χ3n) is 2.71. The van der Waals surface area contributed by atoms with Gasteiger partial charge in [0, 0.05) is 0 Å². The number of allylic oxidation sites excluding steroid dienone is 4. The molecule has 1 nitrogen and oxygen atoms in total. The quantitative estimate of drug-likeness (QED) is 0.581. The maximum absolute atomic E-state index is 2.25. The summed E-state index contributed by atoms with van der Waals surface area (Å²) in [5.41, 5.74) is 1.53. The van der Waals surface area contributed by atoms with Crippen LogP contribution < -0.4 is 0 Å². The molecular weight excluding hydrogens is 184 g/mol. The van der Waals surface area contributed by atoms with Crippen LogP contribution in [0.3, 0.4) is 0 Å². The minimum absolute atomic E-state index is 0. The van der Waals surface area contributed by atoms with Crippen molar-refractivity contribution < 1.29 is 5.48 Å². The highest BCUT2D eigenvalue weighted by atomic mass is 16.0. The van der Waals surface area contributed by atoms with E-state index in [4.69, 9.17) is 0 Å². The summed E-state index contributed by atoms with van der Waals surface area (Å²) in [4.78, 5) is 0. The lowest BCUT2D eigenvalue weighted by molar-refractivity contribution is 0.612. The highest BCUT2D eigenvalue weighted by Crippen LogP contribution is 2.15. The van der Waals surface area contributed by atoms with Crippen LogP contribution in [0, 0.1) is 18.8 Å². The van der Waals surface area contributed by atoms with E-state index < -0.39 is 0 Å². The van der Waals surface area contributed by atoms with Crippen molar-refractivity contribution in [2.24, 2.45) is 5.92 Å². The lowest BCUT2D eigenvalue weighted by Gasteiger charge is -2.09. The van der Waals surface area contributed by atoms with Gasteiger partial charge in [0.05, 0.1) is 0 Å². The summed E-state index contributed by atoms with van der Waals surface area (Å²) in [6.07, 6.45) is 17.7. The largest absolute Gasteiger partial charge is 0.412 e. The van der Waals surface area contributed by atoms with Crippen molar-refractivity contribution in [2.75, 3.05) is 0 Å². The second kappa shape index (κ2) is 8.72. The van der Waals surface area contributed by atoms with Gasteiger partial charge in [0.25, 0.3) is 0 Å². The van der Waals surface area contributed by atoms with Gasteiger partial charge in [-0.15, -0.1) is 0 Å². The molecule has 0 saturated heterocycles. The van der Waals surface area contributed by atoms with Gasteiger partial charge in [0.1, 0.15) is 0 Å². The molecule has 0 spiro atoms. The van der Waals surface area contributed by atoms with Crippen molar-refractivity contribution in [3.05, 3.63) is 36.6 Å². The van der Waals surface area contributed by atoms with Gasteiger partial charge < -0.3 is 5.48 Å². The summed E-state index contributed by atoms with van der Waals surface area (Å²) in [5, 5.41) is 0. The van der Waals surface area contributed by atoms with E-state index in [0.717, 1.165) is 5.92 Å². The second-order valence-electron chi connectivity index (χ2n) is 4.32. The van der Waals surface area contributed by atoms with Crippen LogP contribution in [0.2, 0.25) is 0 Å². The lowest BCUT2D eigenvalue weighted by Crippen LogP contribution is -1.95. The van der Waals surface area contributed by atoms with Crippen molar-refractivity contribution in [3.8, 4) is 0 Å². The summed E-state index contributed by atoms with van der Waals surface area (Å²) in [6, 6.07) is 0. The van der Waals surface area contributed by atoms with E-state index in [1.807, 2.05) is 0 Å². The molecule has 0 aromatic rings. The third kappa shape index (κ3) is 7.38. The molecule has 0 aromatic carbocycles. The first-order valence-corrected chi connectivity index (χ1v) is 5.78. The van der Waals surface area contributed by atoms with Crippen LogP contribution in [0.15, 0.2) is 23.8 Å². The summed E-state index contributed by atoms with van der Waals surface area (Å²) in [7, 11) is 0. The van der Waals surface area contributed by atoms with E-state index in [2.05, 4.69) is 44.9 Å². The normalized spacial score (nSPS) is 24.4. The Morgan fingerprint density at radius 3 is 2.33 bits per heavy atom. The standard InChI is InChI=1S/2C7H11.H2O/c2*1-7-5-3-2-4-6-7;/h3,5H,2,4,6H2,1H3;2-3,5,7H,4,6H2,1H3;1H2. The van der Waals surface area contributed by atoms with Gasteiger partial charge in [-0.3, -0.25) is 0 Å². The van der Waals surface area contributed by atoms with E-state index in [0.29, 0.717) is 0 Å². The Balaban J connectivity index is 0.000000245. The highest BCUT2D eigenvalue weighted by Gasteiger charge is 2.00. The van der Waals surface area contributed by atoms with E-state index in [9.17, 15) is 0 Å². The van der Waals surface area contributed by atoms with Crippen LogP contribution in [0.1, 0.15) is 46.0 Å². The van der Waals surface area contributed by atoms with Crippen molar-refractivity contribution in [3.63, 3.8) is 0 Å². The average molecular weight is 208 g/mol. The molecule has 2 aliphatic carbocycles. The van der Waals surface area contributed by atoms with Gasteiger partial charge in [-0.1, -0.05) is 30.7 Å². The molecule has 1 heteroatoms. The molecule has 1 atom stereocenters. The topological polar surface area (TPSA) is 31.5 Å². The van der Waals surface area contributed by atoms with Gasteiger partial charge in [-0.25, -0.2) is 0 Å². The molecule has 0 amide bonds. The van der Waals surface area contributed by atoms with Crippen molar-refractivity contribution in [1.82, 2.24) is 0 Å². The lowest BCUT2D eigenvalue weighted by atomic mass is 9.97. The van der Waals surface area contributed by atoms with E-state index in [1.54, 1.807) is 0 Å². The predicted octanol–water partition coefficient (Wildman–Crippen LogP) is 3.67. The van der Waals surface area contributed by atoms with Crippen molar-refractivity contribution in [2.45, 2.75) is 46.0 Å². The fourth-order valence-electron chi connectivity index (χ4n) is 1.69. The van der Waals surface area contributed by atoms with Gasteiger partial charge in [-0.2, -0.15) is 0 Å². The van der Waals surface area contributed by atoms with Gasteiger partial charge >= 0.3 is 0 Å². The molecule has 0 bridgehead atoms. The molecule has 86 valence electrons. The minimum atomic E-state index is 0. The molecule has 0 fully saturated rings. The summed E-state index contributed by atoms with van der Waals surface area (Å²) < 4.78 is 0. The zero-order chi connectivity index (χ0) is 10.2. The molecule has 15 heavy (non-hydrogen) atoms. The van der Waals surface area contributed by atoms with Crippen molar-refractivity contribution >= 4 is 0 Å². The van der Waals surface area contributed by atoms with Gasteiger partial charge in [0.15, 0.2) is 0 Å². The molecule has 0 heterocycles. The fourth-order valence-corrected chi connectivity index (χ4v) is 1.69. The first kappa shape index (κ1) is 14.4. The van der Waals surface area contributed by atoms with Crippen LogP contribution in [-0.2, 0) is 0 Å². The minimum Gasteiger partial charge on any atom is -0.412 e. The molecule has 0 saturated carbocycles. The van der Waals surface area contributed by atoms with Crippen LogP contribution >= 0.6 is 0 Å². The van der Waals surface area contributed by atoms with Gasteiger partial charge in [0.2, 0.25) is 0 Å². The Morgan fingerprint density at radius 1 is 1.27 bits per heavy atom. The number of hydrogen-bond acceptors (Lipinski definition) is 0. The Labute approximate surface area is 94.6 Å². The Kier molecular flexibility index (Phi) is 8.40. The first-order valence-electron chi connectivity index (χ1n) is 5.78. The van der Waals surface area contributed by atoms with Crippen LogP contribution in [0.25, 0.3) is 0 Å². The van der Waals surface area contributed by atoms with Crippen molar-refractivity contribution in [1.29, 1.82) is 0 Å². The molecule has 2 aliphatic rings. The van der Waals surface area contributed by atoms with Gasteiger partial charge in [-0.05, 0) is 57.8 Å². The highest BCUT2D eigenvalue weighted by molar-refractivity contribution is 5.09. The number of hydrogen-bond donors (Lipinski definition) is 0. The molecule has 0 aromatic heterocycles. The Morgan fingerprint density at radius 2 is 2.07 bits per heavy atom. The molecule has 0 aliphatic heterocycles. The Hall–Kier alpha value is -0.560. The zero-order valence-corrected chi connectivity index (χ0v) is 10.00. The molecular formula is C14H24O. The predicted molar refractivity (Wildman–Crippen MR) is 67.4 cm³/mol. The maximum atomic E-state index is 2.25. The van der Waals surface area contributed by atoms with E-state index in [-0.39, 0.29) is 5.48 Å². The SMILES string of the molecule is CC1=C[CH]CCC1.CC1[CH]C=CCC1.O. The average Bonchev–Trinajstić information content (AvgIpc) is 2.21. The zero-order valence-electron chi connectivity index (χ0n) is 10.00. The van der Waals surface area contributed by atoms with Crippen LogP contribution in [-0.4, -0.2) is 5.48 Å². The fraction of sp³-hybridized carbons (Fsp3) is 0.571.